The van der Waals surface area contributed by atoms with Crippen LogP contribution in [0, 0.1) is 13.8 Å². The maximum atomic E-state index is 12.5. The molecule has 3 aromatic rings. The highest BCUT2D eigenvalue weighted by Crippen LogP contribution is 2.20. The van der Waals surface area contributed by atoms with E-state index in [1.807, 2.05) is 44.2 Å². The Bertz CT molecular complexity index is 1020. The Labute approximate surface area is 168 Å². The van der Waals surface area contributed by atoms with Gasteiger partial charge in [0.2, 0.25) is 0 Å². The third-order valence-corrected chi connectivity index (χ3v) is 4.47. The van der Waals surface area contributed by atoms with Gasteiger partial charge in [0.15, 0.2) is 0 Å². The molecule has 28 heavy (non-hydrogen) atoms. The quantitative estimate of drug-likeness (QED) is 0.668. The third-order valence-electron chi connectivity index (χ3n) is 4.24. The number of aromatic nitrogens is 1. The number of carbonyl (C=O) groups excluding carboxylic acids is 2. The molecule has 0 unspecified atom stereocenters. The molecule has 5 nitrogen and oxygen atoms in total. The summed E-state index contributed by atoms with van der Waals surface area (Å²) >= 11 is 5.99. The van der Waals surface area contributed by atoms with Crippen LogP contribution in [0.4, 0.5) is 5.69 Å². The molecule has 142 valence electrons. The van der Waals surface area contributed by atoms with Gasteiger partial charge in [0.1, 0.15) is 11.4 Å². The summed E-state index contributed by atoms with van der Waals surface area (Å²) in [5.74, 6) is -0.743. The molecule has 0 aliphatic carbocycles. The van der Waals surface area contributed by atoms with Crippen molar-refractivity contribution in [2.24, 2.45) is 0 Å². The van der Waals surface area contributed by atoms with Crippen LogP contribution in [0.5, 0.6) is 0 Å². The minimum atomic E-state index is -0.404. The maximum absolute atomic E-state index is 12.5. The standard InChI is InChI=1S/C22H20ClN3O2/c1-14-6-9-16(10-7-14)13-24-21(27)18-4-3-5-19(25-18)22(28)26-20-12-17(23)11-8-15(20)2/h3-12H,13H2,1-2H3,(H,24,27)(H,26,28). The molecule has 6 heteroatoms. The normalized spacial score (nSPS) is 10.4. The third kappa shape index (κ3) is 4.96. The predicted octanol–water partition coefficient (Wildman–Crippen LogP) is 4.53. The molecular weight excluding hydrogens is 374 g/mol. The summed E-state index contributed by atoms with van der Waals surface area (Å²) in [6.07, 6.45) is 0. The highest BCUT2D eigenvalue weighted by Gasteiger charge is 2.13. The summed E-state index contributed by atoms with van der Waals surface area (Å²) in [6.45, 7) is 4.26. The second kappa shape index (κ2) is 8.67. The molecule has 0 bridgehead atoms. The first-order valence-corrected chi connectivity index (χ1v) is 9.18. The number of pyridine rings is 1. The fraction of sp³-hybridized carbons (Fsp3) is 0.136. The van der Waals surface area contributed by atoms with E-state index in [0.29, 0.717) is 17.3 Å². The SMILES string of the molecule is Cc1ccc(CNC(=O)c2cccc(C(=O)Nc3cc(Cl)ccc3C)n2)cc1. The number of benzene rings is 2. The fourth-order valence-electron chi connectivity index (χ4n) is 2.58. The van der Waals surface area contributed by atoms with Crippen LogP contribution in [0.25, 0.3) is 0 Å². The van der Waals surface area contributed by atoms with Crippen LogP contribution in [0.2, 0.25) is 5.02 Å². The Kier molecular flexibility index (Phi) is 6.06. The first-order chi connectivity index (χ1) is 13.4. The summed E-state index contributed by atoms with van der Waals surface area (Å²) in [6, 6.07) is 17.9. The van der Waals surface area contributed by atoms with Gasteiger partial charge in [0.25, 0.3) is 11.8 Å². The Balaban J connectivity index is 1.68. The number of nitrogens with one attached hydrogen (secondary N) is 2. The van der Waals surface area contributed by atoms with E-state index in [1.165, 1.54) is 0 Å². The molecule has 0 aliphatic heterocycles. The summed E-state index contributed by atoms with van der Waals surface area (Å²) < 4.78 is 0. The van der Waals surface area contributed by atoms with Gasteiger partial charge in [-0.15, -0.1) is 0 Å². The molecule has 2 amide bonds. The van der Waals surface area contributed by atoms with E-state index in [1.54, 1.807) is 30.3 Å². The summed E-state index contributed by atoms with van der Waals surface area (Å²) in [5.41, 5.74) is 3.97. The number of aryl methyl sites for hydroxylation is 2. The second-order valence-electron chi connectivity index (χ2n) is 6.49. The zero-order valence-corrected chi connectivity index (χ0v) is 16.4. The van der Waals surface area contributed by atoms with Gasteiger partial charge in [-0.05, 0) is 49.2 Å². The molecular formula is C22H20ClN3O2. The number of halogens is 1. The molecule has 0 fully saturated rings. The molecule has 0 saturated carbocycles. The summed E-state index contributed by atoms with van der Waals surface area (Å²) in [4.78, 5) is 29.1. The average Bonchev–Trinajstić information content (AvgIpc) is 2.70. The number of nitrogens with zero attached hydrogens (tertiary/aromatic N) is 1. The van der Waals surface area contributed by atoms with Crippen molar-refractivity contribution in [2.75, 3.05) is 5.32 Å². The molecule has 0 aliphatic rings. The first kappa shape index (κ1) is 19.6. The molecule has 1 heterocycles. The van der Waals surface area contributed by atoms with Crippen LogP contribution in [0.3, 0.4) is 0 Å². The van der Waals surface area contributed by atoms with Gasteiger partial charge in [-0.3, -0.25) is 9.59 Å². The van der Waals surface area contributed by atoms with Crippen molar-refractivity contribution < 1.29 is 9.59 Å². The number of hydrogen-bond acceptors (Lipinski definition) is 3. The van der Waals surface area contributed by atoms with Crippen LogP contribution >= 0.6 is 11.6 Å². The maximum Gasteiger partial charge on any atom is 0.274 e. The lowest BCUT2D eigenvalue weighted by Crippen LogP contribution is -2.25. The number of anilines is 1. The van der Waals surface area contributed by atoms with Gasteiger partial charge in [-0.1, -0.05) is 53.6 Å². The zero-order chi connectivity index (χ0) is 20.1. The van der Waals surface area contributed by atoms with Crippen molar-refractivity contribution in [1.29, 1.82) is 0 Å². The fourth-order valence-corrected chi connectivity index (χ4v) is 2.75. The molecule has 3 rings (SSSR count). The predicted molar refractivity (Wildman–Crippen MR) is 111 cm³/mol. The molecule has 0 atom stereocenters. The molecule has 0 saturated heterocycles. The van der Waals surface area contributed by atoms with E-state index in [2.05, 4.69) is 15.6 Å². The summed E-state index contributed by atoms with van der Waals surface area (Å²) in [7, 11) is 0. The first-order valence-electron chi connectivity index (χ1n) is 8.80. The van der Waals surface area contributed by atoms with E-state index in [-0.39, 0.29) is 17.3 Å². The zero-order valence-electron chi connectivity index (χ0n) is 15.6. The van der Waals surface area contributed by atoms with Crippen molar-refractivity contribution >= 4 is 29.1 Å². The Morgan fingerprint density at radius 3 is 2.32 bits per heavy atom. The van der Waals surface area contributed by atoms with Gasteiger partial charge in [-0.25, -0.2) is 4.98 Å². The monoisotopic (exact) mass is 393 g/mol. The number of rotatable bonds is 5. The van der Waals surface area contributed by atoms with Gasteiger partial charge < -0.3 is 10.6 Å². The molecule has 2 N–H and O–H groups in total. The average molecular weight is 394 g/mol. The lowest BCUT2D eigenvalue weighted by Gasteiger charge is -2.09. The smallest absolute Gasteiger partial charge is 0.274 e. The molecule has 2 aromatic carbocycles. The van der Waals surface area contributed by atoms with Gasteiger partial charge in [-0.2, -0.15) is 0 Å². The topological polar surface area (TPSA) is 71.1 Å². The van der Waals surface area contributed by atoms with E-state index in [0.717, 1.165) is 16.7 Å². The Morgan fingerprint density at radius 1 is 0.929 bits per heavy atom. The van der Waals surface area contributed by atoms with Crippen LogP contribution in [-0.4, -0.2) is 16.8 Å². The Morgan fingerprint density at radius 2 is 1.61 bits per heavy atom. The van der Waals surface area contributed by atoms with Crippen molar-refractivity contribution in [3.8, 4) is 0 Å². The van der Waals surface area contributed by atoms with Crippen molar-refractivity contribution in [3.63, 3.8) is 0 Å². The highest BCUT2D eigenvalue weighted by molar-refractivity contribution is 6.31. The summed E-state index contributed by atoms with van der Waals surface area (Å²) in [5, 5.41) is 6.12. The van der Waals surface area contributed by atoms with Crippen LogP contribution in [-0.2, 0) is 6.54 Å². The Hall–Kier alpha value is -3.18. The molecule has 0 radical (unpaired) electrons. The van der Waals surface area contributed by atoms with Gasteiger partial charge in [0, 0.05) is 17.3 Å². The van der Waals surface area contributed by atoms with Crippen molar-refractivity contribution in [1.82, 2.24) is 10.3 Å². The molecule has 1 aromatic heterocycles. The van der Waals surface area contributed by atoms with Crippen molar-refractivity contribution in [2.45, 2.75) is 20.4 Å². The number of amides is 2. The minimum Gasteiger partial charge on any atom is -0.347 e. The van der Waals surface area contributed by atoms with Crippen LogP contribution < -0.4 is 10.6 Å². The van der Waals surface area contributed by atoms with E-state index in [9.17, 15) is 9.59 Å². The molecule has 0 spiro atoms. The van der Waals surface area contributed by atoms with Crippen LogP contribution in [0.1, 0.15) is 37.7 Å². The largest absolute Gasteiger partial charge is 0.347 e. The van der Waals surface area contributed by atoms with Crippen LogP contribution in [0.15, 0.2) is 60.7 Å². The second-order valence-corrected chi connectivity index (χ2v) is 6.93. The van der Waals surface area contributed by atoms with E-state index < -0.39 is 5.91 Å². The lowest BCUT2D eigenvalue weighted by molar-refractivity contribution is 0.0945. The highest BCUT2D eigenvalue weighted by atomic mass is 35.5. The van der Waals surface area contributed by atoms with E-state index in [4.69, 9.17) is 11.6 Å². The number of hydrogen-bond donors (Lipinski definition) is 2. The van der Waals surface area contributed by atoms with Gasteiger partial charge in [0.05, 0.1) is 0 Å². The lowest BCUT2D eigenvalue weighted by atomic mass is 10.1. The number of carbonyl (C=O) groups is 2. The van der Waals surface area contributed by atoms with Crippen molar-refractivity contribution in [3.05, 3.63) is 93.8 Å². The van der Waals surface area contributed by atoms with Gasteiger partial charge >= 0.3 is 0 Å². The van der Waals surface area contributed by atoms with E-state index >= 15 is 0 Å². The minimum absolute atomic E-state index is 0.155.